The predicted octanol–water partition coefficient (Wildman–Crippen LogP) is 0.517. The van der Waals surface area contributed by atoms with Gasteiger partial charge in [-0.15, -0.1) is 0 Å². The number of pyridine rings is 1. The van der Waals surface area contributed by atoms with Gasteiger partial charge in [0.1, 0.15) is 0 Å². The third kappa shape index (κ3) is 3.05. The van der Waals surface area contributed by atoms with E-state index in [9.17, 15) is 9.59 Å². The maximum atomic E-state index is 11.4. The lowest BCUT2D eigenvalue weighted by Crippen LogP contribution is -2.30. The van der Waals surface area contributed by atoms with E-state index in [-0.39, 0.29) is 18.6 Å². The molecule has 1 fully saturated rings. The Kier molecular flexibility index (Phi) is 3.14. The van der Waals surface area contributed by atoms with Crippen LogP contribution >= 0.6 is 0 Å². The standard InChI is InChI=1S/C11H12N2O3/c14-10(13-9-1-2-9)7-16-11(15)8-3-5-12-6-4-8/h3-6,9H,1-2,7H2,(H,13,14). The molecule has 0 unspecified atom stereocenters. The maximum absolute atomic E-state index is 11.4. The molecule has 0 bridgehead atoms. The number of nitrogens with one attached hydrogen (secondary N) is 1. The Labute approximate surface area is 92.8 Å². The van der Waals surface area contributed by atoms with Crippen LogP contribution in [0.4, 0.5) is 0 Å². The summed E-state index contributed by atoms with van der Waals surface area (Å²) < 4.78 is 4.84. The molecule has 0 saturated heterocycles. The van der Waals surface area contributed by atoms with Gasteiger partial charge in [0, 0.05) is 18.4 Å². The van der Waals surface area contributed by atoms with Gasteiger partial charge in [0.25, 0.3) is 5.91 Å². The summed E-state index contributed by atoms with van der Waals surface area (Å²) in [6.07, 6.45) is 5.04. The molecule has 1 saturated carbocycles. The van der Waals surface area contributed by atoms with Crippen LogP contribution in [0, 0.1) is 0 Å². The summed E-state index contributed by atoms with van der Waals surface area (Å²) in [5, 5.41) is 2.73. The molecule has 1 aliphatic rings. The fourth-order valence-corrected chi connectivity index (χ4v) is 1.20. The molecule has 5 heteroatoms. The summed E-state index contributed by atoms with van der Waals surface area (Å²) in [5.41, 5.74) is 0.397. The number of carbonyl (C=O) groups excluding carboxylic acids is 2. The molecule has 0 radical (unpaired) electrons. The molecule has 2 rings (SSSR count). The first-order valence-corrected chi connectivity index (χ1v) is 5.12. The van der Waals surface area contributed by atoms with Crippen molar-refractivity contribution >= 4 is 11.9 Å². The minimum atomic E-state index is -0.506. The molecule has 1 amide bonds. The summed E-state index contributed by atoms with van der Waals surface area (Å²) in [5.74, 6) is -0.752. The van der Waals surface area contributed by atoms with Gasteiger partial charge in [-0.2, -0.15) is 0 Å². The summed E-state index contributed by atoms with van der Waals surface area (Å²) >= 11 is 0. The molecule has 0 spiro atoms. The van der Waals surface area contributed by atoms with Crippen LogP contribution < -0.4 is 5.32 Å². The number of nitrogens with zero attached hydrogens (tertiary/aromatic N) is 1. The van der Waals surface area contributed by atoms with Gasteiger partial charge in [0.05, 0.1) is 5.56 Å². The molecular weight excluding hydrogens is 208 g/mol. The number of rotatable bonds is 4. The summed E-state index contributed by atoms with van der Waals surface area (Å²) in [6, 6.07) is 3.37. The fourth-order valence-electron chi connectivity index (χ4n) is 1.20. The zero-order valence-corrected chi connectivity index (χ0v) is 8.68. The lowest BCUT2D eigenvalue weighted by atomic mass is 10.3. The van der Waals surface area contributed by atoms with E-state index in [0.717, 1.165) is 12.8 Å². The average molecular weight is 220 g/mol. The molecule has 1 aromatic rings. The number of amides is 1. The molecular formula is C11H12N2O3. The second-order valence-corrected chi connectivity index (χ2v) is 3.65. The SMILES string of the molecule is O=C(COC(=O)c1ccncc1)NC1CC1. The molecule has 1 heterocycles. The van der Waals surface area contributed by atoms with Crippen molar-refractivity contribution in [2.24, 2.45) is 0 Å². The van der Waals surface area contributed by atoms with E-state index in [2.05, 4.69) is 10.3 Å². The quantitative estimate of drug-likeness (QED) is 0.751. The number of esters is 1. The van der Waals surface area contributed by atoms with Crippen LogP contribution in [0.1, 0.15) is 23.2 Å². The first-order valence-electron chi connectivity index (χ1n) is 5.12. The average Bonchev–Trinajstić information content (AvgIpc) is 3.11. The topological polar surface area (TPSA) is 68.3 Å². The Hall–Kier alpha value is -1.91. The van der Waals surface area contributed by atoms with Gasteiger partial charge in [-0.05, 0) is 25.0 Å². The van der Waals surface area contributed by atoms with Crippen LogP contribution in [0.15, 0.2) is 24.5 Å². The molecule has 0 atom stereocenters. The van der Waals surface area contributed by atoms with Gasteiger partial charge in [0.15, 0.2) is 6.61 Å². The van der Waals surface area contributed by atoms with Crippen LogP contribution in [-0.2, 0) is 9.53 Å². The smallest absolute Gasteiger partial charge is 0.338 e. The van der Waals surface area contributed by atoms with E-state index in [1.807, 2.05) is 0 Å². The van der Waals surface area contributed by atoms with Gasteiger partial charge >= 0.3 is 5.97 Å². The number of hydrogen-bond acceptors (Lipinski definition) is 4. The second kappa shape index (κ2) is 4.74. The Morgan fingerprint density at radius 1 is 1.38 bits per heavy atom. The maximum Gasteiger partial charge on any atom is 0.338 e. The van der Waals surface area contributed by atoms with E-state index >= 15 is 0 Å². The van der Waals surface area contributed by atoms with E-state index in [4.69, 9.17) is 4.74 Å². The van der Waals surface area contributed by atoms with Crippen molar-refractivity contribution in [1.82, 2.24) is 10.3 Å². The van der Waals surface area contributed by atoms with Crippen molar-refractivity contribution in [3.63, 3.8) is 0 Å². The number of hydrogen-bond donors (Lipinski definition) is 1. The third-order valence-electron chi connectivity index (χ3n) is 2.19. The normalized spacial score (nSPS) is 14.2. The fraction of sp³-hybridized carbons (Fsp3) is 0.364. The van der Waals surface area contributed by atoms with E-state index < -0.39 is 5.97 Å². The van der Waals surface area contributed by atoms with Crippen molar-refractivity contribution < 1.29 is 14.3 Å². The lowest BCUT2D eigenvalue weighted by Gasteiger charge is -2.04. The highest BCUT2D eigenvalue weighted by atomic mass is 16.5. The van der Waals surface area contributed by atoms with Crippen LogP contribution in [0.3, 0.4) is 0 Å². The number of ether oxygens (including phenoxy) is 1. The molecule has 5 nitrogen and oxygen atoms in total. The van der Waals surface area contributed by atoms with Crippen LogP contribution in [0.5, 0.6) is 0 Å². The lowest BCUT2D eigenvalue weighted by molar-refractivity contribution is -0.124. The second-order valence-electron chi connectivity index (χ2n) is 3.65. The molecule has 1 aromatic heterocycles. The van der Waals surface area contributed by atoms with Crippen molar-refractivity contribution in [3.05, 3.63) is 30.1 Å². The highest BCUT2D eigenvalue weighted by molar-refractivity contribution is 5.91. The molecule has 84 valence electrons. The molecule has 0 aromatic carbocycles. The monoisotopic (exact) mass is 220 g/mol. The predicted molar refractivity (Wildman–Crippen MR) is 55.7 cm³/mol. The Morgan fingerprint density at radius 3 is 2.69 bits per heavy atom. The molecule has 16 heavy (non-hydrogen) atoms. The van der Waals surface area contributed by atoms with Gasteiger partial charge in [-0.3, -0.25) is 9.78 Å². The van der Waals surface area contributed by atoms with Gasteiger partial charge < -0.3 is 10.1 Å². The van der Waals surface area contributed by atoms with E-state index in [1.165, 1.54) is 12.4 Å². The molecule has 0 aliphatic heterocycles. The zero-order chi connectivity index (χ0) is 11.4. The van der Waals surface area contributed by atoms with Crippen molar-refractivity contribution in [2.75, 3.05) is 6.61 Å². The highest BCUT2D eigenvalue weighted by Crippen LogP contribution is 2.18. The Bertz CT molecular complexity index is 387. The third-order valence-corrected chi connectivity index (χ3v) is 2.19. The summed E-state index contributed by atoms with van der Waals surface area (Å²) in [4.78, 5) is 26.4. The molecule has 1 N–H and O–H groups in total. The van der Waals surface area contributed by atoms with Gasteiger partial charge in [0.2, 0.25) is 0 Å². The van der Waals surface area contributed by atoms with Gasteiger partial charge in [-0.25, -0.2) is 4.79 Å². The van der Waals surface area contributed by atoms with Crippen LogP contribution in [0.25, 0.3) is 0 Å². The minimum absolute atomic E-state index is 0.225. The first kappa shape index (κ1) is 10.6. The van der Waals surface area contributed by atoms with E-state index in [0.29, 0.717) is 5.56 Å². The zero-order valence-electron chi connectivity index (χ0n) is 8.68. The van der Waals surface area contributed by atoms with Crippen molar-refractivity contribution in [3.8, 4) is 0 Å². The number of carbonyl (C=O) groups is 2. The first-order chi connectivity index (χ1) is 7.75. The van der Waals surface area contributed by atoms with Gasteiger partial charge in [-0.1, -0.05) is 0 Å². The van der Waals surface area contributed by atoms with Crippen LogP contribution in [0.2, 0.25) is 0 Å². The minimum Gasteiger partial charge on any atom is -0.452 e. The van der Waals surface area contributed by atoms with Crippen LogP contribution in [-0.4, -0.2) is 29.5 Å². The summed E-state index contributed by atoms with van der Waals surface area (Å²) in [6.45, 7) is -0.225. The largest absolute Gasteiger partial charge is 0.452 e. The number of aromatic nitrogens is 1. The van der Waals surface area contributed by atoms with Crippen molar-refractivity contribution in [1.29, 1.82) is 0 Å². The highest BCUT2D eigenvalue weighted by Gasteiger charge is 2.23. The van der Waals surface area contributed by atoms with E-state index in [1.54, 1.807) is 12.1 Å². The summed E-state index contributed by atoms with van der Waals surface area (Å²) in [7, 11) is 0. The Morgan fingerprint density at radius 2 is 2.06 bits per heavy atom. The van der Waals surface area contributed by atoms with Crippen molar-refractivity contribution in [2.45, 2.75) is 18.9 Å². The molecule has 1 aliphatic carbocycles. The Balaban J connectivity index is 1.77.